The van der Waals surface area contributed by atoms with Crippen molar-refractivity contribution in [2.45, 2.75) is 31.3 Å². The van der Waals surface area contributed by atoms with E-state index in [4.69, 9.17) is 0 Å². The van der Waals surface area contributed by atoms with Gasteiger partial charge in [0.2, 0.25) is 15.9 Å². The van der Waals surface area contributed by atoms with Crippen molar-refractivity contribution >= 4 is 21.6 Å². The second kappa shape index (κ2) is 7.25. The lowest BCUT2D eigenvalue weighted by atomic mass is 10.1. The molecule has 2 aromatic carbocycles. The molecule has 132 valence electrons. The van der Waals surface area contributed by atoms with E-state index in [1.807, 2.05) is 30.3 Å². The molecule has 25 heavy (non-hydrogen) atoms. The Morgan fingerprint density at radius 3 is 2.64 bits per heavy atom. The molecule has 0 radical (unpaired) electrons. The number of sulfonamides is 1. The summed E-state index contributed by atoms with van der Waals surface area (Å²) >= 11 is 0. The van der Waals surface area contributed by atoms with Gasteiger partial charge in [0.25, 0.3) is 0 Å². The Morgan fingerprint density at radius 1 is 1.12 bits per heavy atom. The Balaban J connectivity index is 1.68. The molecule has 1 aliphatic rings. The number of carbonyl (C=O) groups excluding carboxylic acids is 1. The van der Waals surface area contributed by atoms with Crippen molar-refractivity contribution in [1.82, 2.24) is 10.0 Å². The summed E-state index contributed by atoms with van der Waals surface area (Å²) in [5.41, 5.74) is 3.80. The molecule has 6 nitrogen and oxygen atoms in total. The molecule has 1 amide bonds. The topological polar surface area (TPSA) is 87.3 Å². The van der Waals surface area contributed by atoms with E-state index in [1.54, 1.807) is 12.1 Å². The molecule has 1 aliphatic heterocycles. The minimum atomic E-state index is -3.58. The number of nitrogens with one attached hydrogen (secondary N) is 3. The lowest BCUT2D eigenvalue weighted by Gasteiger charge is -2.10. The first-order valence-electron chi connectivity index (χ1n) is 8.13. The van der Waals surface area contributed by atoms with E-state index >= 15 is 0 Å². The fourth-order valence-electron chi connectivity index (χ4n) is 2.77. The Hall–Kier alpha value is -2.38. The third kappa shape index (κ3) is 4.37. The third-order valence-corrected chi connectivity index (χ3v) is 5.50. The van der Waals surface area contributed by atoms with Gasteiger partial charge in [0.15, 0.2) is 0 Å². The SMILES string of the molecule is CC(=O)NCc1cccc(CNS(=O)(=O)c2ccc3c(c2)NCC3)c1. The zero-order valence-corrected chi connectivity index (χ0v) is 14.8. The van der Waals surface area contributed by atoms with Gasteiger partial charge in [-0.05, 0) is 35.2 Å². The number of hydrogen-bond donors (Lipinski definition) is 3. The second-order valence-electron chi connectivity index (χ2n) is 6.05. The predicted octanol–water partition coefficient (Wildman–Crippen LogP) is 1.77. The van der Waals surface area contributed by atoms with E-state index in [2.05, 4.69) is 15.4 Å². The summed E-state index contributed by atoms with van der Waals surface area (Å²) in [4.78, 5) is 11.2. The highest BCUT2D eigenvalue weighted by Gasteiger charge is 2.18. The Kier molecular flexibility index (Phi) is 5.06. The molecular formula is C18H21N3O3S. The molecule has 0 fully saturated rings. The van der Waals surface area contributed by atoms with Crippen LogP contribution in [0, 0.1) is 0 Å². The van der Waals surface area contributed by atoms with Crippen molar-refractivity contribution in [2.75, 3.05) is 11.9 Å². The number of hydrogen-bond acceptors (Lipinski definition) is 4. The molecule has 0 spiro atoms. The number of benzene rings is 2. The molecule has 2 aromatic rings. The minimum absolute atomic E-state index is 0.101. The first kappa shape index (κ1) is 17.4. The molecule has 0 aromatic heterocycles. The van der Waals surface area contributed by atoms with Crippen LogP contribution in [0.3, 0.4) is 0 Å². The van der Waals surface area contributed by atoms with E-state index < -0.39 is 10.0 Å². The van der Waals surface area contributed by atoms with Crippen LogP contribution in [0.15, 0.2) is 47.4 Å². The van der Waals surface area contributed by atoms with Gasteiger partial charge in [-0.25, -0.2) is 13.1 Å². The summed E-state index contributed by atoms with van der Waals surface area (Å²) in [7, 11) is -3.58. The maximum absolute atomic E-state index is 12.5. The molecule has 0 aliphatic carbocycles. The fourth-order valence-corrected chi connectivity index (χ4v) is 3.82. The predicted molar refractivity (Wildman–Crippen MR) is 96.6 cm³/mol. The van der Waals surface area contributed by atoms with Gasteiger partial charge in [0.05, 0.1) is 4.90 Å². The van der Waals surface area contributed by atoms with Crippen LogP contribution in [-0.2, 0) is 34.3 Å². The lowest BCUT2D eigenvalue weighted by Crippen LogP contribution is -2.23. The molecular weight excluding hydrogens is 338 g/mol. The molecule has 0 unspecified atom stereocenters. The number of amides is 1. The average molecular weight is 359 g/mol. The first-order valence-corrected chi connectivity index (χ1v) is 9.61. The van der Waals surface area contributed by atoms with Crippen molar-refractivity contribution in [2.24, 2.45) is 0 Å². The zero-order chi connectivity index (χ0) is 17.9. The quantitative estimate of drug-likeness (QED) is 0.734. The van der Waals surface area contributed by atoms with Crippen LogP contribution >= 0.6 is 0 Å². The molecule has 7 heteroatoms. The van der Waals surface area contributed by atoms with E-state index in [0.29, 0.717) is 6.54 Å². The fraction of sp³-hybridized carbons (Fsp3) is 0.278. The summed E-state index contributed by atoms with van der Waals surface area (Å²) in [6, 6.07) is 12.6. The zero-order valence-electron chi connectivity index (χ0n) is 14.0. The van der Waals surface area contributed by atoms with Crippen LogP contribution < -0.4 is 15.4 Å². The maximum Gasteiger partial charge on any atom is 0.240 e. The Bertz CT molecular complexity index is 894. The van der Waals surface area contributed by atoms with Crippen LogP contribution in [0.2, 0.25) is 0 Å². The summed E-state index contributed by atoms with van der Waals surface area (Å²) < 4.78 is 27.7. The second-order valence-corrected chi connectivity index (χ2v) is 7.82. The van der Waals surface area contributed by atoms with Gasteiger partial charge in [-0.3, -0.25) is 4.79 Å². The molecule has 0 saturated carbocycles. The number of fused-ring (bicyclic) bond motifs is 1. The highest BCUT2D eigenvalue weighted by molar-refractivity contribution is 7.89. The van der Waals surface area contributed by atoms with Crippen molar-refractivity contribution < 1.29 is 13.2 Å². The highest BCUT2D eigenvalue weighted by atomic mass is 32.2. The normalized spacial score (nSPS) is 13.2. The number of rotatable bonds is 6. The minimum Gasteiger partial charge on any atom is -0.384 e. The smallest absolute Gasteiger partial charge is 0.240 e. The highest BCUT2D eigenvalue weighted by Crippen LogP contribution is 2.25. The van der Waals surface area contributed by atoms with Crippen molar-refractivity contribution in [3.05, 3.63) is 59.2 Å². The first-order chi connectivity index (χ1) is 11.9. The van der Waals surface area contributed by atoms with Gasteiger partial charge in [0, 0.05) is 32.2 Å². The molecule has 0 atom stereocenters. The van der Waals surface area contributed by atoms with Gasteiger partial charge < -0.3 is 10.6 Å². The van der Waals surface area contributed by atoms with E-state index in [9.17, 15) is 13.2 Å². The van der Waals surface area contributed by atoms with E-state index in [-0.39, 0.29) is 17.3 Å². The van der Waals surface area contributed by atoms with Crippen molar-refractivity contribution in [1.29, 1.82) is 0 Å². The van der Waals surface area contributed by atoms with E-state index in [1.165, 1.54) is 6.92 Å². The molecule has 1 heterocycles. The van der Waals surface area contributed by atoms with E-state index in [0.717, 1.165) is 35.3 Å². The summed E-state index contributed by atoms with van der Waals surface area (Å²) in [6.45, 7) is 2.92. The van der Waals surface area contributed by atoms with Crippen LogP contribution in [0.4, 0.5) is 5.69 Å². The van der Waals surface area contributed by atoms with Crippen LogP contribution in [0.5, 0.6) is 0 Å². The molecule has 3 rings (SSSR count). The van der Waals surface area contributed by atoms with Gasteiger partial charge in [0.1, 0.15) is 0 Å². The third-order valence-electron chi connectivity index (χ3n) is 4.10. The summed E-state index contributed by atoms with van der Waals surface area (Å²) in [5.74, 6) is -0.101. The van der Waals surface area contributed by atoms with Gasteiger partial charge >= 0.3 is 0 Å². The Labute approximate surface area is 147 Å². The van der Waals surface area contributed by atoms with Gasteiger partial charge in [-0.2, -0.15) is 0 Å². The summed E-state index contributed by atoms with van der Waals surface area (Å²) in [5, 5.41) is 5.92. The molecule has 3 N–H and O–H groups in total. The molecule has 0 saturated heterocycles. The number of carbonyl (C=O) groups is 1. The average Bonchev–Trinajstić information content (AvgIpc) is 3.06. The van der Waals surface area contributed by atoms with Crippen LogP contribution in [0.1, 0.15) is 23.6 Å². The van der Waals surface area contributed by atoms with Crippen molar-refractivity contribution in [3.8, 4) is 0 Å². The number of anilines is 1. The maximum atomic E-state index is 12.5. The largest absolute Gasteiger partial charge is 0.384 e. The van der Waals surface area contributed by atoms with Gasteiger partial charge in [-0.1, -0.05) is 30.3 Å². The van der Waals surface area contributed by atoms with Gasteiger partial charge in [-0.15, -0.1) is 0 Å². The van der Waals surface area contributed by atoms with Crippen molar-refractivity contribution in [3.63, 3.8) is 0 Å². The van der Waals surface area contributed by atoms with Crippen LogP contribution in [-0.4, -0.2) is 20.9 Å². The van der Waals surface area contributed by atoms with Crippen LogP contribution in [0.25, 0.3) is 0 Å². The summed E-state index contributed by atoms with van der Waals surface area (Å²) in [6.07, 6.45) is 0.921. The Morgan fingerprint density at radius 2 is 1.88 bits per heavy atom. The standard InChI is InChI=1S/C18H21N3O3S/c1-13(22)20-11-14-3-2-4-15(9-14)12-21-25(23,24)17-6-5-16-7-8-19-18(16)10-17/h2-6,9-10,19,21H,7-8,11-12H2,1H3,(H,20,22). The lowest BCUT2D eigenvalue weighted by molar-refractivity contribution is -0.119. The monoisotopic (exact) mass is 359 g/mol. The molecule has 0 bridgehead atoms.